The summed E-state index contributed by atoms with van der Waals surface area (Å²) in [6.45, 7) is 4.31. The van der Waals surface area contributed by atoms with Crippen LogP contribution in [0.4, 0.5) is 0 Å². The number of rotatable bonds is 3. The molecule has 1 N–H and O–H groups in total. The fraction of sp³-hybridized carbons (Fsp3) is 0.600. The van der Waals surface area contributed by atoms with Crippen LogP contribution in [-0.2, 0) is 6.42 Å². The first kappa shape index (κ1) is 13.9. The number of halogens is 1. The third-order valence-corrected chi connectivity index (χ3v) is 4.87. The van der Waals surface area contributed by atoms with Crippen molar-refractivity contribution >= 4 is 15.9 Å². The Bertz CT molecular complexity index is 442. The summed E-state index contributed by atoms with van der Waals surface area (Å²) in [7, 11) is 1.68. The summed E-state index contributed by atoms with van der Waals surface area (Å²) in [6, 6.07) is 5.96. The van der Waals surface area contributed by atoms with Gasteiger partial charge in [-0.25, -0.2) is 0 Å². The Kier molecular flexibility index (Phi) is 3.75. The number of ether oxygens (including phenoxy) is 1. The lowest BCUT2D eigenvalue weighted by Crippen LogP contribution is -2.41. The van der Waals surface area contributed by atoms with Crippen LogP contribution in [0, 0.1) is 5.41 Å². The molecule has 2 nitrogen and oxygen atoms in total. The zero-order chi connectivity index (χ0) is 13.4. The fourth-order valence-electron chi connectivity index (χ4n) is 2.92. The van der Waals surface area contributed by atoms with Gasteiger partial charge in [-0.3, -0.25) is 0 Å². The number of hydrogen-bond acceptors (Lipinski definition) is 2. The smallest absolute Gasteiger partial charge is 0.122 e. The van der Waals surface area contributed by atoms with E-state index < -0.39 is 5.60 Å². The van der Waals surface area contributed by atoms with Crippen LogP contribution in [-0.4, -0.2) is 17.8 Å². The molecule has 0 amide bonds. The maximum Gasteiger partial charge on any atom is 0.122 e. The van der Waals surface area contributed by atoms with Crippen LogP contribution < -0.4 is 4.74 Å². The largest absolute Gasteiger partial charge is 0.496 e. The van der Waals surface area contributed by atoms with E-state index in [-0.39, 0.29) is 5.41 Å². The Morgan fingerprint density at radius 2 is 2.06 bits per heavy atom. The van der Waals surface area contributed by atoms with Gasteiger partial charge in [0.2, 0.25) is 0 Å². The summed E-state index contributed by atoms with van der Waals surface area (Å²) in [4.78, 5) is 0. The fourth-order valence-corrected chi connectivity index (χ4v) is 3.33. The summed E-state index contributed by atoms with van der Waals surface area (Å²) >= 11 is 3.48. The second-order valence-corrected chi connectivity index (χ2v) is 6.82. The highest BCUT2D eigenvalue weighted by atomic mass is 79.9. The summed E-state index contributed by atoms with van der Waals surface area (Å²) in [5, 5.41) is 10.9. The van der Waals surface area contributed by atoms with Crippen molar-refractivity contribution in [3.8, 4) is 5.75 Å². The number of benzene rings is 1. The normalized spacial score (nSPS) is 26.3. The lowest BCUT2D eigenvalue weighted by molar-refractivity contribution is -0.0422. The van der Waals surface area contributed by atoms with Gasteiger partial charge < -0.3 is 9.84 Å². The Hall–Kier alpha value is -0.540. The molecule has 1 saturated carbocycles. The molecule has 0 aliphatic heterocycles. The van der Waals surface area contributed by atoms with Gasteiger partial charge in [0.25, 0.3) is 0 Å². The predicted octanol–water partition coefficient (Wildman–Crippen LogP) is 3.94. The van der Waals surface area contributed by atoms with Gasteiger partial charge in [-0.15, -0.1) is 0 Å². The standard InChI is InChI=1S/C15H21BrO2/c1-14(2)7-4-8-15(14,17)10-11-9-12(16)5-6-13(11)18-3/h5-6,9,17H,4,7-8,10H2,1-3H3. The van der Waals surface area contributed by atoms with E-state index in [0.717, 1.165) is 35.0 Å². The maximum absolute atomic E-state index is 10.9. The second-order valence-electron chi connectivity index (χ2n) is 5.90. The molecular formula is C15H21BrO2. The van der Waals surface area contributed by atoms with Gasteiger partial charge in [-0.2, -0.15) is 0 Å². The molecule has 1 atom stereocenters. The van der Waals surface area contributed by atoms with Crippen LogP contribution in [0.3, 0.4) is 0 Å². The molecule has 0 saturated heterocycles. The van der Waals surface area contributed by atoms with Gasteiger partial charge in [-0.05, 0) is 48.4 Å². The highest BCUT2D eigenvalue weighted by Gasteiger charge is 2.47. The van der Waals surface area contributed by atoms with E-state index in [9.17, 15) is 5.11 Å². The molecule has 0 heterocycles. The van der Waals surface area contributed by atoms with Crippen LogP contribution in [0.1, 0.15) is 38.7 Å². The van der Waals surface area contributed by atoms with Crippen LogP contribution in [0.15, 0.2) is 22.7 Å². The Morgan fingerprint density at radius 1 is 1.33 bits per heavy atom. The van der Waals surface area contributed by atoms with E-state index in [2.05, 4.69) is 29.8 Å². The van der Waals surface area contributed by atoms with Crippen molar-refractivity contribution in [1.82, 2.24) is 0 Å². The van der Waals surface area contributed by atoms with Crippen molar-refractivity contribution < 1.29 is 9.84 Å². The first-order valence-electron chi connectivity index (χ1n) is 6.43. The quantitative estimate of drug-likeness (QED) is 0.916. The van der Waals surface area contributed by atoms with E-state index in [1.807, 2.05) is 18.2 Å². The molecule has 0 radical (unpaired) electrons. The molecule has 3 heteroatoms. The summed E-state index contributed by atoms with van der Waals surface area (Å²) in [5.74, 6) is 0.856. The molecule has 1 aliphatic carbocycles. The number of aliphatic hydroxyl groups is 1. The average Bonchev–Trinajstić information content (AvgIpc) is 2.53. The highest BCUT2D eigenvalue weighted by molar-refractivity contribution is 9.10. The molecule has 2 rings (SSSR count). The maximum atomic E-state index is 10.9. The van der Waals surface area contributed by atoms with Crippen LogP contribution in [0.25, 0.3) is 0 Å². The molecule has 0 bridgehead atoms. The first-order chi connectivity index (χ1) is 8.38. The number of hydrogen-bond donors (Lipinski definition) is 1. The number of methoxy groups -OCH3 is 1. The molecule has 1 fully saturated rings. The van der Waals surface area contributed by atoms with Crippen LogP contribution in [0.5, 0.6) is 5.75 Å². The second kappa shape index (κ2) is 4.86. The molecule has 18 heavy (non-hydrogen) atoms. The van der Waals surface area contributed by atoms with E-state index in [1.165, 1.54) is 0 Å². The van der Waals surface area contributed by atoms with Crippen LogP contribution >= 0.6 is 15.9 Å². The van der Waals surface area contributed by atoms with E-state index in [4.69, 9.17) is 4.74 Å². The van der Waals surface area contributed by atoms with Gasteiger partial charge >= 0.3 is 0 Å². The van der Waals surface area contributed by atoms with Crippen molar-refractivity contribution in [2.45, 2.75) is 45.1 Å². The average molecular weight is 313 g/mol. The van der Waals surface area contributed by atoms with Crippen molar-refractivity contribution in [2.75, 3.05) is 7.11 Å². The Labute approximate surface area is 117 Å². The van der Waals surface area contributed by atoms with E-state index in [0.29, 0.717) is 6.42 Å². The Balaban J connectivity index is 2.31. The molecule has 1 aliphatic rings. The summed E-state index contributed by atoms with van der Waals surface area (Å²) in [6.07, 6.45) is 3.71. The van der Waals surface area contributed by atoms with E-state index >= 15 is 0 Å². The molecule has 100 valence electrons. The third kappa shape index (κ3) is 2.43. The predicted molar refractivity (Wildman–Crippen MR) is 77.0 cm³/mol. The molecule has 0 spiro atoms. The minimum Gasteiger partial charge on any atom is -0.496 e. The van der Waals surface area contributed by atoms with Gasteiger partial charge in [-0.1, -0.05) is 29.8 Å². The molecule has 0 aromatic heterocycles. The lowest BCUT2D eigenvalue weighted by atomic mass is 9.74. The SMILES string of the molecule is COc1ccc(Br)cc1CC1(O)CCCC1(C)C. The monoisotopic (exact) mass is 312 g/mol. The molecule has 1 aromatic carbocycles. The van der Waals surface area contributed by atoms with Crippen molar-refractivity contribution in [3.05, 3.63) is 28.2 Å². The van der Waals surface area contributed by atoms with Gasteiger partial charge in [0.15, 0.2) is 0 Å². The van der Waals surface area contributed by atoms with Gasteiger partial charge in [0, 0.05) is 10.9 Å². The molecular weight excluding hydrogens is 292 g/mol. The van der Waals surface area contributed by atoms with Gasteiger partial charge in [0.1, 0.15) is 5.75 Å². The topological polar surface area (TPSA) is 29.5 Å². The molecule has 1 unspecified atom stereocenters. The zero-order valence-electron chi connectivity index (χ0n) is 11.3. The summed E-state index contributed by atoms with van der Waals surface area (Å²) in [5.41, 5.74) is 0.422. The highest BCUT2D eigenvalue weighted by Crippen LogP contribution is 2.48. The lowest BCUT2D eigenvalue weighted by Gasteiger charge is -2.37. The van der Waals surface area contributed by atoms with Crippen molar-refractivity contribution in [1.29, 1.82) is 0 Å². The van der Waals surface area contributed by atoms with E-state index in [1.54, 1.807) is 7.11 Å². The third-order valence-electron chi connectivity index (χ3n) is 4.38. The minimum atomic E-state index is -0.624. The minimum absolute atomic E-state index is 0.0275. The Morgan fingerprint density at radius 3 is 2.61 bits per heavy atom. The van der Waals surface area contributed by atoms with Crippen molar-refractivity contribution in [2.24, 2.45) is 5.41 Å². The summed E-state index contributed by atoms with van der Waals surface area (Å²) < 4.78 is 6.42. The van der Waals surface area contributed by atoms with Crippen molar-refractivity contribution in [3.63, 3.8) is 0 Å². The van der Waals surface area contributed by atoms with Crippen LogP contribution in [0.2, 0.25) is 0 Å². The first-order valence-corrected chi connectivity index (χ1v) is 7.22. The molecule has 1 aromatic rings. The van der Waals surface area contributed by atoms with Gasteiger partial charge in [0.05, 0.1) is 12.7 Å². The zero-order valence-corrected chi connectivity index (χ0v) is 12.9.